The van der Waals surface area contributed by atoms with Gasteiger partial charge in [-0.2, -0.15) is 5.10 Å². The van der Waals surface area contributed by atoms with Crippen LogP contribution in [0.5, 0.6) is 0 Å². The van der Waals surface area contributed by atoms with Crippen LogP contribution in [-0.4, -0.2) is 29.1 Å². The van der Waals surface area contributed by atoms with E-state index in [1.165, 1.54) is 19.3 Å². The van der Waals surface area contributed by atoms with Gasteiger partial charge in [0, 0.05) is 24.5 Å². The third-order valence-electron chi connectivity index (χ3n) is 1.93. The largest absolute Gasteiger partial charge is 0.351 e. The van der Waals surface area contributed by atoms with E-state index in [9.17, 15) is 9.59 Å². The van der Waals surface area contributed by atoms with E-state index < -0.39 is 0 Å². The van der Waals surface area contributed by atoms with Crippen molar-refractivity contribution in [1.82, 2.24) is 15.7 Å². The summed E-state index contributed by atoms with van der Waals surface area (Å²) in [6, 6.07) is 3.12. The highest BCUT2D eigenvalue weighted by molar-refractivity contribution is 6.37. The van der Waals surface area contributed by atoms with Crippen LogP contribution < -0.4 is 10.7 Å². The summed E-state index contributed by atoms with van der Waals surface area (Å²) in [7, 11) is 0. The number of hydrazone groups is 1. The Morgan fingerprint density at radius 1 is 1.35 bits per heavy atom. The average molecular weight is 234 g/mol. The third-order valence-corrected chi connectivity index (χ3v) is 1.93. The van der Waals surface area contributed by atoms with Crippen LogP contribution in [-0.2, 0) is 4.79 Å². The van der Waals surface area contributed by atoms with Crippen molar-refractivity contribution in [2.24, 2.45) is 5.10 Å². The molecule has 0 unspecified atom stereocenters. The number of hydrogen-bond acceptors (Lipinski definition) is 4. The van der Waals surface area contributed by atoms with Crippen molar-refractivity contribution in [2.75, 3.05) is 6.54 Å². The molecule has 2 N–H and O–H groups in total. The summed E-state index contributed by atoms with van der Waals surface area (Å²) < 4.78 is 0. The van der Waals surface area contributed by atoms with E-state index in [4.69, 9.17) is 0 Å². The molecule has 1 heterocycles. The minimum absolute atomic E-state index is 0.203. The fraction of sp³-hybridized carbons (Fsp3) is 0.273. The fourth-order valence-corrected chi connectivity index (χ4v) is 1.04. The number of aromatic nitrogens is 1. The maximum absolute atomic E-state index is 11.6. The third kappa shape index (κ3) is 4.02. The second kappa shape index (κ2) is 6.37. The second-order valence-electron chi connectivity index (χ2n) is 3.23. The first kappa shape index (κ1) is 12.8. The molecule has 17 heavy (non-hydrogen) atoms. The van der Waals surface area contributed by atoms with Gasteiger partial charge >= 0.3 is 0 Å². The number of hydrogen-bond donors (Lipinski definition) is 2. The molecule has 1 aromatic heterocycles. The van der Waals surface area contributed by atoms with Crippen molar-refractivity contribution in [1.29, 1.82) is 0 Å². The normalized spacial score (nSPS) is 10.8. The van der Waals surface area contributed by atoms with Gasteiger partial charge in [-0.05, 0) is 26.0 Å². The predicted molar refractivity (Wildman–Crippen MR) is 63.5 cm³/mol. The van der Waals surface area contributed by atoms with Gasteiger partial charge in [0.05, 0.1) is 0 Å². The first-order chi connectivity index (χ1) is 8.15. The van der Waals surface area contributed by atoms with Crippen LogP contribution in [0.25, 0.3) is 0 Å². The standard InChI is InChI=1S/C11H14N4O2/c1-3-13-10(16)8(2)14-15-11(17)9-4-6-12-7-5-9/h4-7H,3H2,1-2H3,(H,13,16)(H,15,17)/b14-8-. The molecule has 2 amide bonds. The Kier molecular flexibility index (Phi) is 4.80. The summed E-state index contributed by atoms with van der Waals surface area (Å²) in [4.78, 5) is 26.6. The van der Waals surface area contributed by atoms with Gasteiger partial charge in [0.25, 0.3) is 11.8 Å². The molecule has 0 saturated heterocycles. The number of pyridine rings is 1. The van der Waals surface area contributed by atoms with E-state index in [0.717, 1.165) is 0 Å². The molecule has 0 aliphatic heterocycles. The SMILES string of the molecule is CCNC(=O)/C(C)=N\NC(=O)c1ccncc1. The van der Waals surface area contributed by atoms with Crippen LogP contribution >= 0.6 is 0 Å². The lowest BCUT2D eigenvalue weighted by Gasteiger charge is -2.02. The van der Waals surface area contributed by atoms with Crippen molar-refractivity contribution < 1.29 is 9.59 Å². The summed E-state index contributed by atoms with van der Waals surface area (Å²) >= 11 is 0. The van der Waals surface area contributed by atoms with Gasteiger partial charge in [0.2, 0.25) is 0 Å². The molecule has 0 radical (unpaired) electrons. The Bertz CT molecular complexity index is 428. The molecular weight excluding hydrogens is 220 g/mol. The van der Waals surface area contributed by atoms with Crippen LogP contribution in [0, 0.1) is 0 Å². The number of amides is 2. The Balaban J connectivity index is 2.59. The summed E-state index contributed by atoms with van der Waals surface area (Å²) in [5.41, 5.74) is 2.94. The van der Waals surface area contributed by atoms with Crippen LogP contribution in [0.15, 0.2) is 29.6 Å². The van der Waals surface area contributed by atoms with Crippen molar-refractivity contribution in [3.05, 3.63) is 30.1 Å². The van der Waals surface area contributed by atoms with E-state index >= 15 is 0 Å². The maximum atomic E-state index is 11.6. The molecular formula is C11H14N4O2. The smallest absolute Gasteiger partial charge is 0.271 e. The van der Waals surface area contributed by atoms with Crippen molar-refractivity contribution in [3.63, 3.8) is 0 Å². The van der Waals surface area contributed by atoms with Crippen LogP contribution in [0.2, 0.25) is 0 Å². The highest BCUT2D eigenvalue weighted by Crippen LogP contribution is 1.95. The number of carbonyl (C=O) groups excluding carboxylic acids is 2. The predicted octanol–water partition coefficient (Wildman–Crippen LogP) is 0.323. The van der Waals surface area contributed by atoms with E-state index in [2.05, 4.69) is 20.8 Å². The van der Waals surface area contributed by atoms with Gasteiger partial charge in [-0.25, -0.2) is 5.43 Å². The van der Waals surface area contributed by atoms with E-state index in [0.29, 0.717) is 12.1 Å². The van der Waals surface area contributed by atoms with Gasteiger partial charge in [-0.1, -0.05) is 0 Å². The molecule has 1 aromatic rings. The van der Waals surface area contributed by atoms with Crippen molar-refractivity contribution in [2.45, 2.75) is 13.8 Å². The Hall–Kier alpha value is -2.24. The molecule has 6 heteroatoms. The topological polar surface area (TPSA) is 83.5 Å². The molecule has 0 aliphatic carbocycles. The molecule has 0 aliphatic rings. The zero-order chi connectivity index (χ0) is 12.7. The first-order valence-electron chi connectivity index (χ1n) is 5.18. The second-order valence-corrected chi connectivity index (χ2v) is 3.23. The highest BCUT2D eigenvalue weighted by Gasteiger charge is 2.06. The van der Waals surface area contributed by atoms with Crippen molar-refractivity contribution >= 4 is 17.5 Å². The lowest BCUT2D eigenvalue weighted by Crippen LogP contribution is -2.31. The Morgan fingerprint density at radius 3 is 2.59 bits per heavy atom. The summed E-state index contributed by atoms with van der Waals surface area (Å²) in [5, 5.41) is 6.28. The van der Waals surface area contributed by atoms with Crippen molar-refractivity contribution in [3.8, 4) is 0 Å². The lowest BCUT2D eigenvalue weighted by molar-refractivity contribution is -0.114. The average Bonchev–Trinajstić information content (AvgIpc) is 2.36. The number of nitrogens with one attached hydrogen (secondary N) is 2. The molecule has 0 aromatic carbocycles. The highest BCUT2D eigenvalue weighted by atomic mass is 16.2. The van der Waals surface area contributed by atoms with Gasteiger partial charge in [0.1, 0.15) is 5.71 Å². The minimum Gasteiger partial charge on any atom is -0.351 e. The molecule has 1 rings (SSSR count). The molecule has 0 atom stereocenters. The maximum Gasteiger partial charge on any atom is 0.271 e. The van der Waals surface area contributed by atoms with Gasteiger partial charge in [-0.15, -0.1) is 0 Å². The zero-order valence-corrected chi connectivity index (χ0v) is 9.73. The minimum atomic E-state index is -0.379. The summed E-state index contributed by atoms with van der Waals surface area (Å²) in [6.07, 6.45) is 3.02. The quantitative estimate of drug-likeness (QED) is 0.581. The molecule has 0 fully saturated rings. The Labute approximate surface area is 99.1 Å². The molecule has 0 saturated carbocycles. The summed E-state index contributed by atoms with van der Waals surface area (Å²) in [6.45, 7) is 3.85. The van der Waals surface area contributed by atoms with Gasteiger partial charge in [-0.3, -0.25) is 14.6 Å². The molecule has 0 spiro atoms. The van der Waals surface area contributed by atoms with Crippen LogP contribution in [0.3, 0.4) is 0 Å². The monoisotopic (exact) mass is 234 g/mol. The fourth-order valence-electron chi connectivity index (χ4n) is 1.04. The number of rotatable bonds is 4. The Morgan fingerprint density at radius 2 is 2.00 bits per heavy atom. The first-order valence-corrected chi connectivity index (χ1v) is 5.18. The molecule has 6 nitrogen and oxygen atoms in total. The summed E-state index contributed by atoms with van der Waals surface area (Å²) in [5.74, 6) is -0.682. The lowest BCUT2D eigenvalue weighted by atomic mass is 10.3. The van der Waals surface area contributed by atoms with E-state index in [1.54, 1.807) is 19.1 Å². The van der Waals surface area contributed by atoms with Gasteiger partial charge in [0.15, 0.2) is 0 Å². The number of nitrogens with zero attached hydrogens (tertiary/aromatic N) is 2. The van der Waals surface area contributed by atoms with Crippen LogP contribution in [0.4, 0.5) is 0 Å². The van der Waals surface area contributed by atoms with Gasteiger partial charge < -0.3 is 5.32 Å². The van der Waals surface area contributed by atoms with Crippen LogP contribution in [0.1, 0.15) is 24.2 Å². The molecule has 0 bridgehead atoms. The zero-order valence-electron chi connectivity index (χ0n) is 9.73. The van der Waals surface area contributed by atoms with E-state index in [-0.39, 0.29) is 17.5 Å². The van der Waals surface area contributed by atoms with E-state index in [1.807, 2.05) is 0 Å². The number of carbonyl (C=O) groups is 2. The molecule has 90 valence electrons.